The van der Waals surface area contributed by atoms with Crippen LogP contribution in [0, 0.1) is 17.8 Å². The van der Waals surface area contributed by atoms with Crippen LogP contribution in [0.2, 0.25) is 0 Å². The highest BCUT2D eigenvalue weighted by Crippen LogP contribution is 2.27. The third-order valence-corrected chi connectivity index (χ3v) is 9.50. The van der Waals surface area contributed by atoms with Gasteiger partial charge in [0, 0.05) is 12.2 Å². The van der Waals surface area contributed by atoms with E-state index in [4.69, 9.17) is 10.2 Å². The standard InChI is InChI=1S/C34H56N6O13S/c1-5-18(4)27(32(49)37-22(14-19-9-7-6-8-10-19)29(46)38-24(16-54)33(50)51)40-31(48)21(13-17(2)3)36-28(45)20(11-12-25(41)42)35-30(47)23(15-26(43)44)39-34(52)53/h17-24,27,39,54H,5-16H2,1-4H3,(H,35,47)(H,36,45)(H,37,49)(H,38,46)(H,40,48)(H,41,42)(H,43,44)(H,50,51)(H,52,53)/t18-,20-,21-,22-,23-,24-,27-/m0/s1. The molecule has 1 fully saturated rings. The molecule has 0 unspecified atom stereocenters. The zero-order valence-electron chi connectivity index (χ0n) is 31.1. The zero-order chi connectivity index (χ0) is 41.1. The van der Waals surface area contributed by atoms with Gasteiger partial charge >= 0.3 is 24.0 Å². The maximum atomic E-state index is 13.9. The number of amides is 6. The highest BCUT2D eigenvalue weighted by atomic mass is 32.1. The van der Waals surface area contributed by atoms with E-state index in [9.17, 15) is 53.4 Å². The summed E-state index contributed by atoms with van der Waals surface area (Å²) in [6.45, 7) is 6.95. The first-order valence-electron chi connectivity index (χ1n) is 18.1. The minimum atomic E-state index is -1.83. The first-order valence-corrected chi connectivity index (χ1v) is 18.7. The minimum absolute atomic E-state index is 0.0151. The third kappa shape index (κ3) is 17.5. The van der Waals surface area contributed by atoms with Crippen molar-refractivity contribution in [1.82, 2.24) is 31.9 Å². The predicted molar refractivity (Wildman–Crippen MR) is 195 cm³/mol. The molecule has 7 atom stereocenters. The number of carbonyl (C=O) groups is 9. The maximum absolute atomic E-state index is 13.9. The molecule has 1 rings (SSSR count). The summed E-state index contributed by atoms with van der Waals surface area (Å²) in [7, 11) is 0. The van der Waals surface area contributed by atoms with Crippen LogP contribution in [0.15, 0.2) is 0 Å². The van der Waals surface area contributed by atoms with Gasteiger partial charge in [-0.15, -0.1) is 0 Å². The Morgan fingerprint density at radius 2 is 1.15 bits per heavy atom. The topological polar surface area (TPSA) is 307 Å². The van der Waals surface area contributed by atoms with Crippen molar-refractivity contribution in [3.63, 3.8) is 0 Å². The van der Waals surface area contributed by atoms with Crippen molar-refractivity contribution in [2.75, 3.05) is 5.75 Å². The fourth-order valence-corrected chi connectivity index (χ4v) is 6.23. The second-order valence-electron chi connectivity index (χ2n) is 14.0. The number of thiol groups is 1. The lowest BCUT2D eigenvalue weighted by atomic mass is 9.84. The molecule has 54 heavy (non-hydrogen) atoms. The second kappa shape index (κ2) is 23.9. The van der Waals surface area contributed by atoms with Gasteiger partial charge in [-0.2, -0.15) is 12.6 Å². The van der Waals surface area contributed by atoms with Gasteiger partial charge in [0.1, 0.15) is 36.3 Å². The Morgan fingerprint density at radius 3 is 1.65 bits per heavy atom. The molecule has 306 valence electrons. The summed E-state index contributed by atoms with van der Waals surface area (Å²) < 4.78 is 0. The Morgan fingerprint density at radius 1 is 0.630 bits per heavy atom. The first-order chi connectivity index (χ1) is 25.3. The lowest BCUT2D eigenvalue weighted by molar-refractivity contribution is -0.142. The lowest BCUT2D eigenvalue weighted by Crippen LogP contribution is -2.61. The fourth-order valence-electron chi connectivity index (χ4n) is 5.98. The van der Waals surface area contributed by atoms with Crippen LogP contribution in [-0.2, 0) is 38.4 Å². The van der Waals surface area contributed by atoms with E-state index < -0.39 is 115 Å². The normalized spacial score (nSPS) is 16.9. The average Bonchev–Trinajstić information content (AvgIpc) is 3.09. The highest BCUT2D eigenvalue weighted by molar-refractivity contribution is 7.80. The number of carbonyl (C=O) groups excluding carboxylic acids is 5. The summed E-state index contributed by atoms with van der Waals surface area (Å²) in [5.41, 5.74) is 0. The predicted octanol–water partition coefficient (Wildman–Crippen LogP) is 0.463. The number of hydrogen-bond acceptors (Lipinski definition) is 10. The Bertz CT molecular complexity index is 1330. The summed E-state index contributed by atoms with van der Waals surface area (Å²) in [6, 6.07) is -8.46. The van der Waals surface area contributed by atoms with E-state index in [-0.39, 0.29) is 30.4 Å². The van der Waals surface area contributed by atoms with Crippen molar-refractivity contribution in [2.24, 2.45) is 17.8 Å². The van der Waals surface area contributed by atoms with Gasteiger partial charge in [0.25, 0.3) is 0 Å². The van der Waals surface area contributed by atoms with Crippen molar-refractivity contribution in [1.29, 1.82) is 0 Å². The van der Waals surface area contributed by atoms with Gasteiger partial charge in [0.15, 0.2) is 0 Å². The molecule has 0 aromatic carbocycles. The van der Waals surface area contributed by atoms with E-state index in [1.54, 1.807) is 33.0 Å². The van der Waals surface area contributed by atoms with Crippen LogP contribution in [0.3, 0.4) is 0 Å². The molecule has 20 heteroatoms. The van der Waals surface area contributed by atoms with Crippen molar-refractivity contribution in [3.05, 3.63) is 0 Å². The third-order valence-electron chi connectivity index (χ3n) is 9.13. The molecule has 1 saturated carbocycles. The van der Waals surface area contributed by atoms with E-state index in [1.807, 2.05) is 0 Å². The Hall–Kier alpha value is -4.62. The van der Waals surface area contributed by atoms with E-state index >= 15 is 0 Å². The highest BCUT2D eigenvalue weighted by Gasteiger charge is 2.36. The van der Waals surface area contributed by atoms with Gasteiger partial charge < -0.3 is 52.3 Å². The molecule has 19 nitrogen and oxygen atoms in total. The van der Waals surface area contributed by atoms with Crippen LogP contribution in [0.25, 0.3) is 0 Å². The van der Waals surface area contributed by atoms with Gasteiger partial charge in [-0.05, 0) is 37.0 Å². The SMILES string of the molecule is CC[C@H](C)[C@H](NC(=O)[C@H](CC(C)C)NC(=O)[C@H](CCC(=O)O)NC(=O)[C@H](CC(=O)O)NC(=O)O)C(=O)N[C@@H](CC1CCCCC1)C(=O)N[C@@H](CS)C(=O)O. The second-order valence-corrected chi connectivity index (χ2v) is 14.4. The zero-order valence-corrected chi connectivity index (χ0v) is 32.0. The fraction of sp³-hybridized carbons (Fsp3) is 0.735. The quantitative estimate of drug-likeness (QED) is 0.0594. The molecule has 0 bridgehead atoms. The molecular weight excluding hydrogens is 732 g/mol. The molecule has 0 heterocycles. The van der Waals surface area contributed by atoms with Crippen LogP contribution < -0.4 is 31.9 Å². The molecular formula is C34H56N6O13S. The Kier molecular flexibility index (Phi) is 21.0. The Balaban J connectivity index is 3.34. The summed E-state index contributed by atoms with van der Waals surface area (Å²) in [5, 5.41) is 51.1. The average molecular weight is 789 g/mol. The molecule has 0 aliphatic heterocycles. The summed E-state index contributed by atoms with van der Waals surface area (Å²) >= 11 is 4.00. The number of aliphatic carboxylic acids is 3. The van der Waals surface area contributed by atoms with E-state index in [2.05, 4.69) is 39.2 Å². The van der Waals surface area contributed by atoms with Crippen molar-refractivity contribution < 1.29 is 63.6 Å². The number of hydrogen-bond donors (Lipinski definition) is 11. The molecule has 0 aromatic heterocycles. The molecule has 0 aromatic rings. The van der Waals surface area contributed by atoms with Crippen molar-refractivity contribution >= 4 is 66.2 Å². The molecule has 0 saturated heterocycles. The summed E-state index contributed by atoms with van der Waals surface area (Å²) in [4.78, 5) is 113. The maximum Gasteiger partial charge on any atom is 0.405 e. The summed E-state index contributed by atoms with van der Waals surface area (Å²) in [6.07, 6.45) is 1.36. The van der Waals surface area contributed by atoms with E-state index in [0.29, 0.717) is 6.42 Å². The monoisotopic (exact) mass is 788 g/mol. The van der Waals surface area contributed by atoms with Crippen LogP contribution >= 0.6 is 12.6 Å². The smallest absolute Gasteiger partial charge is 0.405 e. The van der Waals surface area contributed by atoms with Crippen molar-refractivity contribution in [3.8, 4) is 0 Å². The van der Waals surface area contributed by atoms with Crippen LogP contribution in [0.4, 0.5) is 4.79 Å². The number of carboxylic acid groups (broad SMARTS) is 4. The van der Waals surface area contributed by atoms with Crippen LogP contribution in [0.5, 0.6) is 0 Å². The number of rotatable bonds is 24. The Labute approximate surface area is 319 Å². The molecule has 1 aliphatic rings. The van der Waals surface area contributed by atoms with Gasteiger partial charge in [0.2, 0.25) is 29.5 Å². The van der Waals surface area contributed by atoms with E-state index in [1.165, 1.54) is 0 Å². The lowest BCUT2D eigenvalue weighted by Gasteiger charge is -2.31. The first kappa shape index (κ1) is 47.4. The number of carboxylic acids is 3. The molecule has 0 radical (unpaired) electrons. The van der Waals surface area contributed by atoms with Gasteiger partial charge in [-0.3, -0.25) is 33.6 Å². The molecule has 1 aliphatic carbocycles. The molecule has 0 spiro atoms. The van der Waals surface area contributed by atoms with Gasteiger partial charge in [-0.1, -0.05) is 66.2 Å². The van der Waals surface area contributed by atoms with Crippen molar-refractivity contribution in [2.45, 2.75) is 135 Å². The van der Waals surface area contributed by atoms with Gasteiger partial charge in [0.05, 0.1) is 6.42 Å². The van der Waals surface area contributed by atoms with Crippen LogP contribution in [0.1, 0.15) is 98.3 Å². The number of nitrogens with one attached hydrogen (secondary N) is 6. The largest absolute Gasteiger partial charge is 0.481 e. The van der Waals surface area contributed by atoms with Gasteiger partial charge in [-0.25, -0.2) is 9.59 Å². The molecule has 6 amide bonds. The van der Waals surface area contributed by atoms with E-state index in [0.717, 1.165) is 32.1 Å². The summed E-state index contributed by atoms with van der Waals surface area (Å²) in [5.74, 6) is -9.50. The van der Waals surface area contributed by atoms with Crippen LogP contribution in [-0.4, -0.2) is 116 Å². The minimum Gasteiger partial charge on any atom is -0.481 e. The molecule has 10 N–H and O–H groups in total.